The molecule has 4 atom stereocenters. The molecule has 0 N–H and O–H groups in total. The highest BCUT2D eigenvalue weighted by Crippen LogP contribution is 2.55. The van der Waals surface area contributed by atoms with Gasteiger partial charge in [-0.25, -0.2) is 0 Å². The zero-order valence-corrected chi connectivity index (χ0v) is 23.5. The lowest BCUT2D eigenvalue weighted by molar-refractivity contribution is 0.126. The minimum atomic E-state index is 0.00755. The fraction of sp³-hybridized carbons (Fsp3) is 0.733. The summed E-state index contributed by atoms with van der Waals surface area (Å²) in [6.45, 7) is 26.1. The molecule has 0 fully saturated rings. The maximum atomic E-state index is 4.92. The van der Waals surface area contributed by atoms with E-state index < -0.39 is 0 Å². The molecule has 0 amide bonds. The molecule has 34 heavy (non-hydrogen) atoms. The van der Waals surface area contributed by atoms with E-state index in [4.69, 9.17) is 20.2 Å². The van der Waals surface area contributed by atoms with Gasteiger partial charge in [-0.1, -0.05) is 76.2 Å². The Morgan fingerprint density at radius 1 is 0.676 bits per heavy atom. The van der Waals surface area contributed by atoms with Gasteiger partial charge in [0.05, 0.1) is 22.8 Å². The Morgan fingerprint density at radius 3 is 1.85 bits per heavy atom. The predicted octanol–water partition coefficient (Wildman–Crippen LogP) is 7.19. The zero-order chi connectivity index (χ0) is 25.3. The summed E-state index contributed by atoms with van der Waals surface area (Å²) in [4.78, 5) is 9.56. The minimum Gasteiger partial charge on any atom is -0.258 e. The number of hydrogen-bond acceptors (Lipinski definition) is 4. The van der Waals surface area contributed by atoms with Crippen molar-refractivity contribution in [1.29, 1.82) is 0 Å². The van der Waals surface area contributed by atoms with Crippen molar-refractivity contribution < 1.29 is 0 Å². The highest BCUT2D eigenvalue weighted by atomic mass is 15.1. The number of rotatable bonds is 3. The Morgan fingerprint density at radius 2 is 1.26 bits per heavy atom. The minimum absolute atomic E-state index is 0.00755. The van der Waals surface area contributed by atoms with Crippen LogP contribution < -0.4 is 0 Å². The summed E-state index contributed by atoms with van der Waals surface area (Å²) in [5.74, 6) is 1.90. The van der Waals surface area contributed by atoms with Crippen molar-refractivity contribution in [3.63, 3.8) is 0 Å². The van der Waals surface area contributed by atoms with Crippen LogP contribution in [-0.4, -0.2) is 20.2 Å². The Balaban J connectivity index is 1.68. The van der Waals surface area contributed by atoms with E-state index in [1.165, 1.54) is 22.6 Å². The molecule has 2 aromatic heterocycles. The van der Waals surface area contributed by atoms with Gasteiger partial charge >= 0.3 is 0 Å². The molecule has 4 unspecified atom stereocenters. The largest absolute Gasteiger partial charge is 0.258 e. The standard InChI is InChI=1S/C30H46N4/c1-27(2,3)20-15-18-14-19(33-34-25(18)23(20)29(7,8)9)17-30(10,11)24-21(28(4,5)6)16-22-26(24)32-13-12-31-22/h12-14,20-21,23-24H,15-17H2,1-11H3. The van der Waals surface area contributed by atoms with E-state index >= 15 is 0 Å². The molecule has 186 valence electrons. The maximum absolute atomic E-state index is 4.92. The first-order valence-corrected chi connectivity index (χ1v) is 13.2. The Bertz CT molecular complexity index is 1050. The van der Waals surface area contributed by atoms with E-state index in [0.717, 1.165) is 25.0 Å². The van der Waals surface area contributed by atoms with E-state index in [9.17, 15) is 0 Å². The summed E-state index contributed by atoms with van der Waals surface area (Å²) in [5, 5.41) is 9.76. The molecule has 2 aromatic rings. The fourth-order valence-electron chi connectivity index (χ4n) is 6.97. The second-order valence-electron chi connectivity index (χ2n) is 15.0. The van der Waals surface area contributed by atoms with Crippen molar-refractivity contribution in [2.45, 2.75) is 107 Å². The van der Waals surface area contributed by atoms with Crippen molar-refractivity contribution in [2.75, 3.05) is 0 Å². The number of fused-ring (bicyclic) bond motifs is 2. The van der Waals surface area contributed by atoms with Gasteiger partial charge in [0, 0.05) is 24.2 Å². The Labute approximate surface area is 207 Å². The molecule has 4 rings (SSSR count). The molecule has 0 spiro atoms. The number of hydrogen-bond donors (Lipinski definition) is 0. The van der Waals surface area contributed by atoms with E-state index in [0.29, 0.717) is 23.7 Å². The van der Waals surface area contributed by atoms with Crippen LogP contribution in [0.5, 0.6) is 0 Å². The van der Waals surface area contributed by atoms with Crippen LogP contribution in [0.4, 0.5) is 0 Å². The highest BCUT2D eigenvalue weighted by molar-refractivity contribution is 5.35. The molecule has 4 heteroatoms. The lowest BCUT2D eigenvalue weighted by Gasteiger charge is -2.41. The second kappa shape index (κ2) is 8.10. The normalized spacial score (nSPS) is 25.4. The molecule has 2 aliphatic carbocycles. The summed E-state index contributed by atoms with van der Waals surface area (Å²) >= 11 is 0. The summed E-state index contributed by atoms with van der Waals surface area (Å²) in [5.41, 5.74) is 6.76. The van der Waals surface area contributed by atoms with Gasteiger partial charge in [0.1, 0.15) is 0 Å². The molecule has 0 bridgehead atoms. The van der Waals surface area contributed by atoms with Crippen molar-refractivity contribution in [3.8, 4) is 0 Å². The molecule has 0 aliphatic heterocycles. The predicted molar refractivity (Wildman–Crippen MR) is 140 cm³/mol. The average Bonchev–Trinajstić information content (AvgIpc) is 3.26. The van der Waals surface area contributed by atoms with Gasteiger partial charge in [-0.15, -0.1) is 0 Å². The van der Waals surface area contributed by atoms with Gasteiger partial charge < -0.3 is 0 Å². The SMILES string of the molecule is CC(C)(C)C1Cc2cc(CC(C)(C)C3c4nccnc4CC3C(C)(C)C)nnc2C1C(C)(C)C. The van der Waals surface area contributed by atoms with E-state index in [-0.39, 0.29) is 21.7 Å². The lowest BCUT2D eigenvalue weighted by atomic mass is 9.63. The highest BCUT2D eigenvalue weighted by Gasteiger charge is 2.49. The quantitative estimate of drug-likeness (QED) is 0.484. The van der Waals surface area contributed by atoms with Crippen LogP contribution in [0.25, 0.3) is 0 Å². The average molecular weight is 463 g/mol. The first-order chi connectivity index (χ1) is 15.5. The number of aromatic nitrogens is 4. The monoisotopic (exact) mass is 462 g/mol. The third kappa shape index (κ3) is 4.54. The first kappa shape index (κ1) is 25.3. The topological polar surface area (TPSA) is 51.6 Å². The van der Waals surface area contributed by atoms with Gasteiger partial charge in [-0.3, -0.25) is 9.97 Å². The van der Waals surface area contributed by atoms with E-state index in [1.807, 2.05) is 12.4 Å². The van der Waals surface area contributed by atoms with Gasteiger partial charge in [-0.05, 0) is 64.4 Å². The Kier molecular flexibility index (Phi) is 6.02. The Hall–Kier alpha value is -1.84. The van der Waals surface area contributed by atoms with Crippen LogP contribution in [0.15, 0.2) is 18.5 Å². The van der Waals surface area contributed by atoms with Crippen LogP contribution in [0.1, 0.15) is 116 Å². The molecular formula is C30H46N4. The smallest absolute Gasteiger partial charge is 0.0702 e. The number of nitrogens with zero attached hydrogens (tertiary/aromatic N) is 4. The van der Waals surface area contributed by atoms with Crippen molar-refractivity contribution in [1.82, 2.24) is 20.2 Å². The zero-order valence-electron chi connectivity index (χ0n) is 23.5. The summed E-state index contributed by atoms with van der Waals surface area (Å²) in [6.07, 6.45) is 6.72. The lowest BCUT2D eigenvalue weighted by Crippen LogP contribution is -2.35. The van der Waals surface area contributed by atoms with Gasteiger partial charge in [0.25, 0.3) is 0 Å². The molecule has 4 nitrogen and oxygen atoms in total. The van der Waals surface area contributed by atoms with Crippen molar-refractivity contribution >= 4 is 0 Å². The van der Waals surface area contributed by atoms with Gasteiger partial charge in [0.15, 0.2) is 0 Å². The first-order valence-electron chi connectivity index (χ1n) is 13.2. The van der Waals surface area contributed by atoms with E-state index in [2.05, 4.69) is 82.2 Å². The van der Waals surface area contributed by atoms with Crippen LogP contribution in [0, 0.1) is 33.5 Å². The second-order valence-corrected chi connectivity index (χ2v) is 15.0. The van der Waals surface area contributed by atoms with Crippen LogP contribution in [-0.2, 0) is 19.3 Å². The van der Waals surface area contributed by atoms with Crippen molar-refractivity contribution in [3.05, 3.63) is 46.8 Å². The van der Waals surface area contributed by atoms with Crippen LogP contribution >= 0.6 is 0 Å². The van der Waals surface area contributed by atoms with Crippen LogP contribution in [0.2, 0.25) is 0 Å². The molecule has 0 saturated carbocycles. The fourth-order valence-corrected chi connectivity index (χ4v) is 6.97. The third-order valence-electron chi connectivity index (χ3n) is 8.65. The summed E-state index contributed by atoms with van der Waals surface area (Å²) < 4.78 is 0. The van der Waals surface area contributed by atoms with Crippen molar-refractivity contribution in [2.24, 2.45) is 33.5 Å². The maximum Gasteiger partial charge on any atom is 0.0702 e. The van der Waals surface area contributed by atoms with Crippen LogP contribution in [0.3, 0.4) is 0 Å². The third-order valence-corrected chi connectivity index (χ3v) is 8.65. The molecule has 0 saturated heterocycles. The molecule has 2 heterocycles. The summed E-state index contributed by atoms with van der Waals surface area (Å²) in [6, 6.07) is 2.38. The van der Waals surface area contributed by atoms with Gasteiger partial charge in [0.2, 0.25) is 0 Å². The molecule has 0 aromatic carbocycles. The molecule has 0 radical (unpaired) electrons. The summed E-state index contributed by atoms with van der Waals surface area (Å²) in [7, 11) is 0. The molecule has 2 aliphatic rings. The van der Waals surface area contributed by atoms with E-state index in [1.54, 1.807) is 0 Å². The van der Waals surface area contributed by atoms with Gasteiger partial charge in [-0.2, -0.15) is 10.2 Å². The molecular weight excluding hydrogens is 416 g/mol.